The van der Waals surface area contributed by atoms with Crippen LogP contribution in [-0.4, -0.2) is 60.7 Å². The summed E-state index contributed by atoms with van der Waals surface area (Å²) in [6.07, 6.45) is 2.19. The number of hydrogen-bond donors (Lipinski definition) is 1. The Morgan fingerprint density at radius 1 is 1.21 bits per heavy atom. The third-order valence-electron chi connectivity index (χ3n) is 4.87. The van der Waals surface area contributed by atoms with E-state index < -0.39 is 0 Å². The highest BCUT2D eigenvalue weighted by atomic mass is 35.5. The first-order valence-electron chi connectivity index (χ1n) is 8.25. The Bertz CT molecular complexity index is 588. The predicted octanol–water partition coefficient (Wildman–Crippen LogP) is 3.32. The summed E-state index contributed by atoms with van der Waals surface area (Å²) < 4.78 is 5.49. The third-order valence-corrected chi connectivity index (χ3v) is 6.59. The largest absolute Gasteiger partial charge is 0.379 e. The number of carbonyl (C=O) groups excluding carboxylic acids is 1. The maximum atomic E-state index is 12.5. The molecule has 2 heterocycles. The molecule has 0 atom stereocenters. The van der Waals surface area contributed by atoms with Gasteiger partial charge in [0.2, 0.25) is 0 Å². The van der Waals surface area contributed by atoms with Crippen molar-refractivity contribution < 1.29 is 9.53 Å². The second-order valence-electron chi connectivity index (χ2n) is 6.25. The molecule has 3 rings (SSSR count). The van der Waals surface area contributed by atoms with E-state index in [9.17, 15) is 4.79 Å². The molecule has 0 unspecified atom stereocenters. The van der Waals surface area contributed by atoms with Crippen molar-refractivity contribution in [3.05, 3.63) is 33.8 Å². The lowest BCUT2D eigenvalue weighted by Crippen LogP contribution is -2.60. The number of ether oxygens (including phenoxy) is 1. The number of thioether (sulfide) groups is 1. The Morgan fingerprint density at radius 2 is 1.92 bits per heavy atom. The minimum atomic E-state index is -0.0978. The number of carbonyl (C=O) groups is 1. The summed E-state index contributed by atoms with van der Waals surface area (Å²) in [6.45, 7) is 4.08. The minimum absolute atomic E-state index is 0.0426. The zero-order valence-corrected chi connectivity index (χ0v) is 15.9. The standard InChI is InChI=1S/C17H22Cl2N2O2S/c18-14-2-1-13(11-15(14)19)16(22)20-12-17(3-9-24-10-4-17)21-5-7-23-8-6-21/h1-2,11H,3-10,12H2,(H,20,22). The Kier molecular flexibility index (Phi) is 6.33. The molecule has 2 aliphatic heterocycles. The average Bonchev–Trinajstić information content (AvgIpc) is 2.63. The van der Waals surface area contributed by atoms with Gasteiger partial charge in [0.05, 0.1) is 23.3 Å². The van der Waals surface area contributed by atoms with Crippen molar-refractivity contribution >= 4 is 40.9 Å². The maximum absolute atomic E-state index is 12.5. The molecule has 1 amide bonds. The summed E-state index contributed by atoms with van der Waals surface area (Å²) >= 11 is 13.9. The first-order chi connectivity index (χ1) is 11.6. The van der Waals surface area contributed by atoms with Crippen molar-refractivity contribution in [3.63, 3.8) is 0 Å². The maximum Gasteiger partial charge on any atom is 0.251 e. The highest BCUT2D eigenvalue weighted by molar-refractivity contribution is 7.99. The molecular weight excluding hydrogens is 367 g/mol. The topological polar surface area (TPSA) is 41.6 Å². The molecule has 0 aromatic heterocycles. The number of morpholine rings is 1. The second kappa shape index (κ2) is 8.28. The summed E-state index contributed by atoms with van der Waals surface area (Å²) in [7, 11) is 0. The molecular formula is C17H22Cl2N2O2S. The Morgan fingerprint density at radius 3 is 2.58 bits per heavy atom. The summed E-state index contributed by atoms with van der Waals surface area (Å²) in [5, 5.41) is 3.99. The zero-order valence-electron chi connectivity index (χ0n) is 13.5. The first-order valence-corrected chi connectivity index (χ1v) is 10.2. The van der Waals surface area contributed by atoms with Gasteiger partial charge in [-0.15, -0.1) is 0 Å². The quantitative estimate of drug-likeness (QED) is 0.858. The number of nitrogens with zero attached hydrogens (tertiary/aromatic N) is 1. The molecule has 0 saturated carbocycles. The van der Waals surface area contributed by atoms with Crippen LogP contribution in [0.4, 0.5) is 0 Å². The van der Waals surface area contributed by atoms with Gasteiger partial charge in [-0.05, 0) is 42.5 Å². The third kappa shape index (κ3) is 4.20. The summed E-state index contributed by atoms with van der Waals surface area (Å²) in [6, 6.07) is 4.99. The number of amides is 1. The summed E-state index contributed by atoms with van der Waals surface area (Å²) in [4.78, 5) is 15.0. The van der Waals surface area contributed by atoms with E-state index in [1.54, 1.807) is 18.2 Å². The Balaban J connectivity index is 1.68. The van der Waals surface area contributed by atoms with Gasteiger partial charge >= 0.3 is 0 Å². The van der Waals surface area contributed by atoms with Crippen molar-refractivity contribution in [2.75, 3.05) is 44.4 Å². The van der Waals surface area contributed by atoms with Crippen LogP contribution in [0.25, 0.3) is 0 Å². The fourth-order valence-corrected chi connectivity index (χ4v) is 4.93. The molecule has 132 valence electrons. The minimum Gasteiger partial charge on any atom is -0.379 e. The van der Waals surface area contributed by atoms with E-state index in [2.05, 4.69) is 10.2 Å². The fourth-order valence-electron chi connectivity index (χ4n) is 3.38. The van der Waals surface area contributed by atoms with Gasteiger partial charge in [0.15, 0.2) is 0 Å². The summed E-state index contributed by atoms with van der Waals surface area (Å²) in [5.74, 6) is 2.18. The summed E-state index contributed by atoms with van der Waals surface area (Å²) in [5.41, 5.74) is 0.590. The van der Waals surface area contributed by atoms with Crippen LogP contribution < -0.4 is 5.32 Å². The monoisotopic (exact) mass is 388 g/mol. The molecule has 1 aromatic carbocycles. The number of benzene rings is 1. The van der Waals surface area contributed by atoms with E-state index >= 15 is 0 Å². The average molecular weight is 389 g/mol. The molecule has 2 saturated heterocycles. The zero-order chi connectivity index (χ0) is 17.0. The van der Waals surface area contributed by atoms with Crippen molar-refractivity contribution in [1.29, 1.82) is 0 Å². The molecule has 0 radical (unpaired) electrons. The molecule has 1 aromatic rings. The van der Waals surface area contributed by atoms with Crippen molar-refractivity contribution in [2.24, 2.45) is 0 Å². The number of halogens is 2. The van der Waals surface area contributed by atoms with Gasteiger partial charge in [-0.25, -0.2) is 0 Å². The molecule has 1 N–H and O–H groups in total. The van der Waals surface area contributed by atoms with Crippen LogP contribution in [0.1, 0.15) is 23.2 Å². The van der Waals surface area contributed by atoms with Crippen LogP contribution in [0.2, 0.25) is 10.0 Å². The van der Waals surface area contributed by atoms with Gasteiger partial charge in [0, 0.05) is 30.7 Å². The van der Waals surface area contributed by atoms with Crippen LogP contribution in [0, 0.1) is 0 Å². The van der Waals surface area contributed by atoms with E-state index in [-0.39, 0.29) is 11.4 Å². The molecule has 2 aliphatic rings. The van der Waals surface area contributed by atoms with Crippen molar-refractivity contribution in [1.82, 2.24) is 10.2 Å². The van der Waals surface area contributed by atoms with Crippen LogP contribution in [0.5, 0.6) is 0 Å². The fraction of sp³-hybridized carbons (Fsp3) is 0.588. The lowest BCUT2D eigenvalue weighted by atomic mass is 9.89. The van der Waals surface area contributed by atoms with Crippen molar-refractivity contribution in [2.45, 2.75) is 18.4 Å². The smallest absolute Gasteiger partial charge is 0.251 e. The van der Waals surface area contributed by atoms with Crippen molar-refractivity contribution in [3.8, 4) is 0 Å². The normalized spacial score (nSPS) is 21.4. The van der Waals surface area contributed by atoms with Crippen LogP contribution in [0.15, 0.2) is 18.2 Å². The van der Waals surface area contributed by atoms with Crippen LogP contribution in [0.3, 0.4) is 0 Å². The predicted molar refractivity (Wildman–Crippen MR) is 100 cm³/mol. The molecule has 4 nitrogen and oxygen atoms in total. The number of hydrogen-bond acceptors (Lipinski definition) is 4. The molecule has 7 heteroatoms. The highest BCUT2D eigenvalue weighted by Gasteiger charge is 2.39. The molecule has 24 heavy (non-hydrogen) atoms. The Labute approximate surface area is 157 Å². The lowest BCUT2D eigenvalue weighted by molar-refractivity contribution is -0.0255. The van der Waals surface area contributed by atoms with Gasteiger partial charge in [-0.2, -0.15) is 11.8 Å². The number of rotatable bonds is 4. The van der Waals surface area contributed by atoms with Gasteiger partial charge in [0.1, 0.15) is 0 Å². The van der Waals surface area contributed by atoms with E-state index in [0.717, 1.165) is 50.7 Å². The van der Waals surface area contributed by atoms with Gasteiger partial charge in [0.25, 0.3) is 5.91 Å². The number of nitrogens with one attached hydrogen (secondary N) is 1. The molecule has 2 fully saturated rings. The lowest BCUT2D eigenvalue weighted by Gasteiger charge is -2.48. The van der Waals surface area contributed by atoms with E-state index in [1.807, 2.05) is 11.8 Å². The Hall–Kier alpha value is -0.460. The highest BCUT2D eigenvalue weighted by Crippen LogP contribution is 2.33. The van der Waals surface area contributed by atoms with Gasteiger partial charge in [-0.1, -0.05) is 23.2 Å². The van der Waals surface area contributed by atoms with Crippen LogP contribution in [-0.2, 0) is 4.74 Å². The SMILES string of the molecule is O=C(NCC1(N2CCOCC2)CCSCC1)c1ccc(Cl)c(Cl)c1. The van der Waals surface area contributed by atoms with Gasteiger partial charge < -0.3 is 10.1 Å². The first kappa shape index (κ1) is 18.3. The van der Waals surface area contributed by atoms with E-state index in [1.165, 1.54) is 0 Å². The van der Waals surface area contributed by atoms with E-state index in [0.29, 0.717) is 22.2 Å². The van der Waals surface area contributed by atoms with E-state index in [4.69, 9.17) is 27.9 Å². The molecule has 0 aliphatic carbocycles. The van der Waals surface area contributed by atoms with Crippen LogP contribution >= 0.6 is 35.0 Å². The second-order valence-corrected chi connectivity index (χ2v) is 8.29. The molecule has 0 bridgehead atoms. The van der Waals surface area contributed by atoms with Gasteiger partial charge in [-0.3, -0.25) is 9.69 Å². The molecule has 0 spiro atoms.